The van der Waals surface area contributed by atoms with Gasteiger partial charge in [-0.2, -0.15) is 0 Å². The van der Waals surface area contributed by atoms with Crippen molar-refractivity contribution in [2.24, 2.45) is 11.5 Å². The molecule has 0 aliphatic rings. The standard InChI is InChI=1S/C20H22N2O2/c1-11-5-7-15(9-13(11)3)17(19(21)23)18(20(22)24)16-8-6-12(2)14(4)10-16/h5-10H,1-4H3,(H2,21,23)(H2,22,24)/b18-17+. The molecule has 4 nitrogen and oxygen atoms in total. The second-order valence-corrected chi connectivity index (χ2v) is 6.08. The molecule has 0 fully saturated rings. The minimum absolute atomic E-state index is 0.147. The summed E-state index contributed by atoms with van der Waals surface area (Å²) in [4.78, 5) is 24.2. The van der Waals surface area contributed by atoms with E-state index in [1.54, 1.807) is 12.1 Å². The first kappa shape index (κ1) is 17.5. The largest absolute Gasteiger partial charge is 0.366 e. The summed E-state index contributed by atoms with van der Waals surface area (Å²) in [7, 11) is 0. The van der Waals surface area contributed by atoms with Crippen LogP contribution in [0.15, 0.2) is 36.4 Å². The first-order valence-corrected chi connectivity index (χ1v) is 7.71. The number of rotatable bonds is 4. The quantitative estimate of drug-likeness (QED) is 0.670. The van der Waals surface area contributed by atoms with Crippen molar-refractivity contribution in [3.63, 3.8) is 0 Å². The minimum Gasteiger partial charge on any atom is -0.366 e. The number of amides is 2. The van der Waals surface area contributed by atoms with Crippen LogP contribution in [0.1, 0.15) is 33.4 Å². The molecular weight excluding hydrogens is 300 g/mol. The third-order valence-corrected chi connectivity index (χ3v) is 4.33. The van der Waals surface area contributed by atoms with E-state index in [9.17, 15) is 9.59 Å². The highest BCUT2D eigenvalue weighted by Gasteiger charge is 2.21. The van der Waals surface area contributed by atoms with E-state index >= 15 is 0 Å². The molecule has 0 spiro atoms. The summed E-state index contributed by atoms with van der Waals surface area (Å²) >= 11 is 0. The molecule has 2 rings (SSSR count). The number of nitrogens with two attached hydrogens (primary N) is 2. The Bertz CT molecular complexity index is 792. The van der Waals surface area contributed by atoms with Crippen molar-refractivity contribution in [1.29, 1.82) is 0 Å². The van der Waals surface area contributed by atoms with E-state index in [-0.39, 0.29) is 11.1 Å². The Morgan fingerprint density at radius 3 is 1.21 bits per heavy atom. The van der Waals surface area contributed by atoms with Crippen LogP contribution in [0.3, 0.4) is 0 Å². The van der Waals surface area contributed by atoms with Crippen molar-refractivity contribution in [3.8, 4) is 0 Å². The van der Waals surface area contributed by atoms with E-state index in [1.807, 2.05) is 52.0 Å². The van der Waals surface area contributed by atoms with Gasteiger partial charge in [0.15, 0.2) is 0 Å². The van der Waals surface area contributed by atoms with Crippen molar-refractivity contribution in [3.05, 3.63) is 69.8 Å². The minimum atomic E-state index is -0.676. The van der Waals surface area contributed by atoms with Gasteiger partial charge < -0.3 is 11.5 Å². The Hall–Kier alpha value is -2.88. The zero-order valence-electron chi connectivity index (χ0n) is 14.4. The number of primary amides is 2. The van der Waals surface area contributed by atoms with Crippen LogP contribution in [0.5, 0.6) is 0 Å². The van der Waals surface area contributed by atoms with Gasteiger partial charge in [-0.25, -0.2) is 0 Å². The lowest BCUT2D eigenvalue weighted by Gasteiger charge is -2.14. The molecule has 124 valence electrons. The Labute approximate surface area is 142 Å². The van der Waals surface area contributed by atoms with Gasteiger partial charge in [-0.1, -0.05) is 36.4 Å². The summed E-state index contributed by atoms with van der Waals surface area (Å²) in [6.45, 7) is 7.84. The molecule has 0 unspecified atom stereocenters. The summed E-state index contributed by atoms with van der Waals surface area (Å²) in [5, 5.41) is 0. The maximum absolute atomic E-state index is 12.1. The molecular formula is C20H22N2O2. The monoisotopic (exact) mass is 322 g/mol. The van der Waals surface area contributed by atoms with Gasteiger partial charge in [0, 0.05) is 0 Å². The van der Waals surface area contributed by atoms with Crippen molar-refractivity contribution in [2.45, 2.75) is 27.7 Å². The first-order valence-electron chi connectivity index (χ1n) is 7.71. The fourth-order valence-electron chi connectivity index (χ4n) is 2.61. The average molecular weight is 322 g/mol. The van der Waals surface area contributed by atoms with Crippen molar-refractivity contribution in [2.75, 3.05) is 0 Å². The molecule has 2 amide bonds. The first-order chi connectivity index (χ1) is 11.2. The topological polar surface area (TPSA) is 86.2 Å². The van der Waals surface area contributed by atoms with Gasteiger partial charge in [-0.05, 0) is 61.1 Å². The van der Waals surface area contributed by atoms with E-state index in [0.29, 0.717) is 11.1 Å². The van der Waals surface area contributed by atoms with Crippen molar-refractivity contribution >= 4 is 23.0 Å². The Kier molecular flexibility index (Phi) is 4.88. The molecule has 0 saturated heterocycles. The lowest BCUT2D eigenvalue weighted by Crippen LogP contribution is -2.21. The lowest BCUT2D eigenvalue weighted by atomic mass is 9.90. The van der Waals surface area contributed by atoms with E-state index in [1.165, 1.54) is 0 Å². The molecule has 0 aliphatic heterocycles. The van der Waals surface area contributed by atoms with E-state index < -0.39 is 11.8 Å². The van der Waals surface area contributed by atoms with Crippen LogP contribution in [0.4, 0.5) is 0 Å². The summed E-state index contributed by atoms with van der Waals surface area (Å²) in [5.41, 5.74) is 16.9. The highest BCUT2D eigenvalue weighted by Crippen LogP contribution is 2.28. The maximum Gasteiger partial charge on any atom is 0.250 e. The van der Waals surface area contributed by atoms with E-state index in [2.05, 4.69) is 0 Å². The summed E-state index contributed by atoms with van der Waals surface area (Å²) < 4.78 is 0. The third-order valence-electron chi connectivity index (χ3n) is 4.33. The Morgan fingerprint density at radius 2 is 0.958 bits per heavy atom. The van der Waals surface area contributed by atoms with E-state index in [0.717, 1.165) is 22.3 Å². The van der Waals surface area contributed by atoms with Crippen LogP contribution in [0.25, 0.3) is 11.1 Å². The van der Waals surface area contributed by atoms with Crippen LogP contribution < -0.4 is 11.5 Å². The van der Waals surface area contributed by atoms with Gasteiger partial charge in [-0.3, -0.25) is 9.59 Å². The Balaban J connectivity index is 2.81. The molecule has 4 N–H and O–H groups in total. The third kappa shape index (κ3) is 3.38. The summed E-state index contributed by atoms with van der Waals surface area (Å²) in [6, 6.07) is 11.1. The van der Waals surface area contributed by atoms with E-state index in [4.69, 9.17) is 11.5 Å². The van der Waals surface area contributed by atoms with Gasteiger partial charge in [0.1, 0.15) is 0 Å². The number of hydrogen-bond acceptors (Lipinski definition) is 2. The summed E-state index contributed by atoms with van der Waals surface area (Å²) in [5.74, 6) is -1.35. The molecule has 24 heavy (non-hydrogen) atoms. The smallest absolute Gasteiger partial charge is 0.250 e. The molecule has 0 heterocycles. The highest BCUT2D eigenvalue weighted by molar-refractivity contribution is 6.39. The molecule has 0 aliphatic carbocycles. The fourth-order valence-corrected chi connectivity index (χ4v) is 2.61. The van der Waals surface area contributed by atoms with Gasteiger partial charge in [0.2, 0.25) is 11.8 Å². The van der Waals surface area contributed by atoms with Gasteiger partial charge in [-0.15, -0.1) is 0 Å². The molecule has 2 aromatic carbocycles. The summed E-state index contributed by atoms with van der Waals surface area (Å²) in [6.07, 6.45) is 0. The number of carbonyl (C=O) groups is 2. The van der Waals surface area contributed by atoms with Crippen LogP contribution in [0.2, 0.25) is 0 Å². The van der Waals surface area contributed by atoms with Gasteiger partial charge in [0.25, 0.3) is 0 Å². The zero-order valence-corrected chi connectivity index (χ0v) is 14.4. The van der Waals surface area contributed by atoms with Gasteiger partial charge >= 0.3 is 0 Å². The molecule has 2 aromatic rings. The maximum atomic E-state index is 12.1. The fraction of sp³-hybridized carbons (Fsp3) is 0.200. The van der Waals surface area contributed by atoms with Crippen LogP contribution in [-0.4, -0.2) is 11.8 Å². The highest BCUT2D eigenvalue weighted by atomic mass is 16.2. The average Bonchev–Trinajstić information content (AvgIpc) is 2.50. The molecule has 0 aromatic heterocycles. The Morgan fingerprint density at radius 1 is 0.625 bits per heavy atom. The molecule has 0 bridgehead atoms. The molecule has 0 radical (unpaired) electrons. The molecule has 0 atom stereocenters. The predicted molar refractivity (Wildman–Crippen MR) is 97.0 cm³/mol. The van der Waals surface area contributed by atoms with Crippen molar-refractivity contribution in [1.82, 2.24) is 0 Å². The van der Waals surface area contributed by atoms with Crippen LogP contribution in [-0.2, 0) is 9.59 Å². The molecule has 4 heteroatoms. The zero-order chi connectivity index (χ0) is 18.0. The van der Waals surface area contributed by atoms with Crippen LogP contribution in [0, 0.1) is 27.7 Å². The SMILES string of the molecule is Cc1ccc(/C(C(N)=O)=C(\C(N)=O)c2ccc(C)c(C)c2)cc1C. The van der Waals surface area contributed by atoms with Gasteiger partial charge in [0.05, 0.1) is 11.1 Å². The predicted octanol–water partition coefficient (Wildman–Crippen LogP) is 2.80. The lowest BCUT2D eigenvalue weighted by molar-refractivity contribution is -0.114. The number of hydrogen-bond donors (Lipinski definition) is 2. The number of aryl methyl sites for hydroxylation is 4. The number of carbonyl (C=O) groups excluding carboxylic acids is 2. The second-order valence-electron chi connectivity index (χ2n) is 6.08. The second kappa shape index (κ2) is 6.71. The molecule has 0 saturated carbocycles. The number of benzene rings is 2. The van der Waals surface area contributed by atoms with Crippen LogP contribution >= 0.6 is 0 Å². The van der Waals surface area contributed by atoms with Crippen molar-refractivity contribution < 1.29 is 9.59 Å². The normalized spacial score (nSPS) is 11.8.